The van der Waals surface area contributed by atoms with Crippen molar-refractivity contribution in [2.45, 2.75) is 19.4 Å². The quantitative estimate of drug-likeness (QED) is 0.366. The van der Waals surface area contributed by atoms with Crippen LogP contribution in [0.1, 0.15) is 19.4 Å². The second-order valence-corrected chi connectivity index (χ2v) is 6.28. The van der Waals surface area contributed by atoms with E-state index in [1.54, 1.807) is 13.8 Å². The van der Waals surface area contributed by atoms with Crippen molar-refractivity contribution in [3.05, 3.63) is 60.2 Å². The van der Waals surface area contributed by atoms with Crippen molar-refractivity contribution in [1.82, 2.24) is 0 Å². The van der Waals surface area contributed by atoms with Crippen LogP contribution in [0.5, 0.6) is 0 Å². The molecule has 4 rings (SSSR count). The van der Waals surface area contributed by atoms with Crippen LogP contribution in [0, 0.1) is 11.8 Å². The van der Waals surface area contributed by atoms with Crippen molar-refractivity contribution in [2.24, 2.45) is 0 Å². The predicted octanol–water partition coefficient (Wildman–Crippen LogP) is 4.71. The molecule has 0 aromatic heterocycles. The average Bonchev–Trinajstić information content (AvgIpc) is 2.50. The van der Waals surface area contributed by atoms with Crippen molar-refractivity contribution < 1.29 is 5.11 Å². The summed E-state index contributed by atoms with van der Waals surface area (Å²) in [6.07, 6.45) is 0. The molecule has 0 aliphatic rings. The van der Waals surface area contributed by atoms with E-state index in [-0.39, 0.29) is 0 Å². The van der Waals surface area contributed by atoms with Gasteiger partial charge < -0.3 is 5.11 Å². The third-order valence-electron chi connectivity index (χ3n) is 4.03. The minimum atomic E-state index is -0.982. The van der Waals surface area contributed by atoms with E-state index in [2.05, 4.69) is 60.4 Å². The van der Waals surface area contributed by atoms with Crippen LogP contribution in [0.25, 0.3) is 32.3 Å². The van der Waals surface area contributed by atoms with Gasteiger partial charge in [0.15, 0.2) is 0 Å². The zero-order valence-electron chi connectivity index (χ0n) is 12.6. The molecule has 106 valence electrons. The molecule has 0 bridgehead atoms. The first-order valence-corrected chi connectivity index (χ1v) is 7.45. The molecule has 0 amide bonds. The number of rotatable bonds is 0. The highest BCUT2D eigenvalue weighted by Crippen LogP contribution is 2.35. The first kappa shape index (κ1) is 13.1. The van der Waals surface area contributed by atoms with Gasteiger partial charge in [0.05, 0.1) is 0 Å². The zero-order chi connectivity index (χ0) is 15.3. The number of benzene rings is 4. The lowest BCUT2D eigenvalue weighted by atomic mass is 9.92. The van der Waals surface area contributed by atoms with Crippen LogP contribution in [0.3, 0.4) is 0 Å². The topological polar surface area (TPSA) is 20.2 Å². The predicted molar refractivity (Wildman–Crippen MR) is 93.3 cm³/mol. The Bertz CT molecular complexity index is 1040. The van der Waals surface area contributed by atoms with Gasteiger partial charge in [0.1, 0.15) is 5.60 Å². The minimum Gasteiger partial charge on any atom is -0.378 e. The summed E-state index contributed by atoms with van der Waals surface area (Å²) < 4.78 is 0. The van der Waals surface area contributed by atoms with Crippen LogP contribution in [-0.4, -0.2) is 10.7 Å². The summed E-state index contributed by atoms with van der Waals surface area (Å²) in [5.74, 6) is 6.06. The van der Waals surface area contributed by atoms with E-state index in [4.69, 9.17) is 0 Å². The highest BCUT2D eigenvalue weighted by Gasteiger charge is 2.10. The monoisotopic (exact) mass is 284 g/mol. The number of aliphatic hydroxyl groups is 1. The Kier molecular flexibility index (Phi) is 2.66. The Morgan fingerprint density at radius 3 is 2.05 bits per heavy atom. The van der Waals surface area contributed by atoms with Crippen LogP contribution >= 0.6 is 0 Å². The molecule has 0 spiro atoms. The zero-order valence-corrected chi connectivity index (χ0v) is 12.6. The molecular formula is C21H16O. The lowest BCUT2D eigenvalue weighted by Crippen LogP contribution is -2.14. The van der Waals surface area contributed by atoms with Crippen LogP contribution < -0.4 is 0 Å². The highest BCUT2D eigenvalue weighted by atomic mass is 16.3. The van der Waals surface area contributed by atoms with Gasteiger partial charge in [0.25, 0.3) is 0 Å². The molecule has 0 heterocycles. The second kappa shape index (κ2) is 4.47. The van der Waals surface area contributed by atoms with E-state index in [1.807, 2.05) is 6.07 Å². The van der Waals surface area contributed by atoms with Crippen molar-refractivity contribution in [1.29, 1.82) is 0 Å². The third kappa shape index (κ3) is 2.01. The molecule has 0 saturated carbocycles. The lowest BCUT2D eigenvalue weighted by molar-refractivity contribution is 0.143. The first-order valence-electron chi connectivity index (χ1n) is 7.45. The molecular weight excluding hydrogens is 268 g/mol. The summed E-state index contributed by atoms with van der Waals surface area (Å²) in [7, 11) is 0. The lowest BCUT2D eigenvalue weighted by Gasteiger charge is -2.12. The smallest absolute Gasteiger partial charge is 0.120 e. The van der Waals surface area contributed by atoms with Gasteiger partial charge in [-0.3, -0.25) is 0 Å². The highest BCUT2D eigenvalue weighted by molar-refractivity contribution is 6.23. The summed E-state index contributed by atoms with van der Waals surface area (Å²) in [5, 5.41) is 17.3. The molecule has 22 heavy (non-hydrogen) atoms. The van der Waals surface area contributed by atoms with E-state index in [1.165, 1.54) is 26.9 Å². The Morgan fingerprint density at radius 2 is 1.36 bits per heavy atom. The standard InChI is InChI=1S/C21H16O/c1-21(2,22)13-12-14-6-7-17-9-8-15-4-3-5-16-10-11-18(14)20(17)19(15)16/h3-11,22H,1-2H3. The van der Waals surface area contributed by atoms with Gasteiger partial charge in [0, 0.05) is 5.56 Å². The summed E-state index contributed by atoms with van der Waals surface area (Å²) in [4.78, 5) is 0. The fraction of sp³-hybridized carbons (Fsp3) is 0.143. The van der Waals surface area contributed by atoms with Crippen molar-refractivity contribution >= 4 is 32.3 Å². The number of hydrogen-bond acceptors (Lipinski definition) is 1. The average molecular weight is 284 g/mol. The number of hydrogen-bond donors (Lipinski definition) is 1. The van der Waals surface area contributed by atoms with Crippen molar-refractivity contribution in [3.63, 3.8) is 0 Å². The Morgan fingerprint density at radius 1 is 0.773 bits per heavy atom. The molecule has 0 fully saturated rings. The maximum atomic E-state index is 9.85. The third-order valence-corrected chi connectivity index (χ3v) is 4.03. The van der Waals surface area contributed by atoms with Crippen molar-refractivity contribution in [3.8, 4) is 11.8 Å². The molecule has 1 N–H and O–H groups in total. The van der Waals surface area contributed by atoms with Gasteiger partial charge in [-0.1, -0.05) is 60.4 Å². The second-order valence-electron chi connectivity index (χ2n) is 6.28. The molecule has 4 aromatic carbocycles. The molecule has 1 heteroatoms. The summed E-state index contributed by atoms with van der Waals surface area (Å²) in [5.41, 5.74) is -0.0165. The maximum absolute atomic E-state index is 9.85. The summed E-state index contributed by atoms with van der Waals surface area (Å²) in [6, 6.07) is 19.2. The van der Waals surface area contributed by atoms with E-state index in [9.17, 15) is 5.11 Å². The maximum Gasteiger partial charge on any atom is 0.120 e. The normalized spacial score (nSPS) is 12.0. The van der Waals surface area contributed by atoms with Gasteiger partial charge in [-0.25, -0.2) is 0 Å². The molecule has 4 aromatic rings. The van der Waals surface area contributed by atoms with Gasteiger partial charge in [-0.05, 0) is 52.2 Å². The van der Waals surface area contributed by atoms with Crippen LogP contribution in [0.2, 0.25) is 0 Å². The molecule has 0 aliphatic carbocycles. The SMILES string of the molecule is CC(C)(O)C#Cc1ccc2ccc3cccc4ccc1c2c34. The van der Waals surface area contributed by atoms with E-state index >= 15 is 0 Å². The molecule has 0 unspecified atom stereocenters. The van der Waals surface area contributed by atoms with Crippen LogP contribution in [0.15, 0.2) is 54.6 Å². The minimum absolute atomic E-state index is 0.966. The van der Waals surface area contributed by atoms with Gasteiger partial charge in [-0.2, -0.15) is 0 Å². The van der Waals surface area contributed by atoms with Crippen molar-refractivity contribution in [2.75, 3.05) is 0 Å². The summed E-state index contributed by atoms with van der Waals surface area (Å²) in [6.45, 7) is 3.41. The van der Waals surface area contributed by atoms with Gasteiger partial charge >= 0.3 is 0 Å². The van der Waals surface area contributed by atoms with E-state index in [0.29, 0.717) is 0 Å². The Balaban J connectivity index is 2.14. The Labute approximate surface area is 129 Å². The molecule has 0 atom stereocenters. The van der Waals surface area contributed by atoms with Gasteiger partial charge in [0.2, 0.25) is 0 Å². The molecule has 0 aliphatic heterocycles. The summed E-state index contributed by atoms with van der Waals surface area (Å²) >= 11 is 0. The van der Waals surface area contributed by atoms with Crippen LogP contribution in [-0.2, 0) is 0 Å². The fourth-order valence-corrected chi connectivity index (χ4v) is 3.06. The van der Waals surface area contributed by atoms with E-state index < -0.39 is 5.60 Å². The van der Waals surface area contributed by atoms with Crippen LogP contribution in [0.4, 0.5) is 0 Å². The van der Waals surface area contributed by atoms with E-state index in [0.717, 1.165) is 10.9 Å². The Hall–Kier alpha value is -2.56. The first-order chi connectivity index (χ1) is 10.5. The molecule has 1 nitrogen and oxygen atoms in total. The molecule has 0 radical (unpaired) electrons. The fourth-order valence-electron chi connectivity index (χ4n) is 3.06. The van der Waals surface area contributed by atoms with Gasteiger partial charge in [-0.15, -0.1) is 0 Å². The largest absolute Gasteiger partial charge is 0.378 e. The molecule has 0 saturated heterocycles.